The Balaban J connectivity index is 2.67. The second-order valence-electron chi connectivity index (χ2n) is 2.53. The molecule has 0 fully saturated rings. The standard InChI is InChI=1S/C9H6ClFO/c10-5-8-4-6-3-7(11)1-2-9(6)12-8/h1-4H,5H2. The molecule has 62 valence electrons. The average Bonchev–Trinajstić information content (AvgIpc) is 2.46. The molecule has 1 nitrogen and oxygen atoms in total. The molecule has 1 aromatic carbocycles. The molecule has 2 aromatic rings. The number of furan rings is 1. The Morgan fingerprint density at radius 1 is 1.33 bits per heavy atom. The largest absolute Gasteiger partial charge is 0.460 e. The zero-order valence-corrected chi connectivity index (χ0v) is 6.94. The van der Waals surface area contributed by atoms with E-state index in [0.29, 0.717) is 17.2 Å². The van der Waals surface area contributed by atoms with Crippen LogP contribution in [0.2, 0.25) is 0 Å². The van der Waals surface area contributed by atoms with Crippen molar-refractivity contribution in [3.05, 3.63) is 35.8 Å². The molecule has 0 unspecified atom stereocenters. The highest BCUT2D eigenvalue weighted by atomic mass is 35.5. The van der Waals surface area contributed by atoms with E-state index in [0.717, 1.165) is 5.39 Å². The molecule has 0 radical (unpaired) electrons. The molecule has 0 saturated carbocycles. The molecule has 2 rings (SSSR count). The zero-order valence-electron chi connectivity index (χ0n) is 6.18. The molecule has 0 bridgehead atoms. The van der Waals surface area contributed by atoms with Gasteiger partial charge in [0.2, 0.25) is 0 Å². The minimum absolute atomic E-state index is 0.260. The van der Waals surface area contributed by atoms with Crippen LogP contribution >= 0.6 is 11.6 Å². The van der Waals surface area contributed by atoms with Crippen molar-refractivity contribution in [2.24, 2.45) is 0 Å². The fraction of sp³-hybridized carbons (Fsp3) is 0.111. The van der Waals surface area contributed by atoms with Gasteiger partial charge in [-0.1, -0.05) is 0 Å². The summed E-state index contributed by atoms with van der Waals surface area (Å²) < 4.78 is 17.9. The smallest absolute Gasteiger partial charge is 0.134 e. The third kappa shape index (κ3) is 1.18. The summed E-state index contributed by atoms with van der Waals surface area (Å²) in [7, 11) is 0. The van der Waals surface area contributed by atoms with Gasteiger partial charge in [0.05, 0.1) is 5.88 Å². The van der Waals surface area contributed by atoms with E-state index >= 15 is 0 Å². The second kappa shape index (κ2) is 2.79. The maximum absolute atomic E-state index is 12.7. The van der Waals surface area contributed by atoms with Crippen LogP contribution in [0.25, 0.3) is 11.0 Å². The fourth-order valence-electron chi connectivity index (χ4n) is 1.14. The number of fused-ring (bicyclic) bond motifs is 1. The molecular formula is C9H6ClFO. The predicted molar refractivity (Wildman–Crippen MR) is 45.7 cm³/mol. The fourth-order valence-corrected chi connectivity index (χ4v) is 1.27. The van der Waals surface area contributed by atoms with E-state index in [1.165, 1.54) is 12.1 Å². The van der Waals surface area contributed by atoms with Gasteiger partial charge in [0.15, 0.2) is 0 Å². The molecule has 0 N–H and O–H groups in total. The Bertz CT molecular complexity index is 408. The summed E-state index contributed by atoms with van der Waals surface area (Å²) in [5.74, 6) is 0.720. The van der Waals surface area contributed by atoms with Gasteiger partial charge < -0.3 is 4.42 Å². The van der Waals surface area contributed by atoms with E-state index in [4.69, 9.17) is 16.0 Å². The first-order valence-corrected chi connectivity index (χ1v) is 4.07. The average molecular weight is 185 g/mol. The first-order valence-electron chi connectivity index (χ1n) is 3.53. The van der Waals surface area contributed by atoms with Crippen LogP contribution < -0.4 is 0 Å². The Morgan fingerprint density at radius 2 is 2.17 bits per heavy atom. The monoisotopic (exact) mass is 184 g/mol. The van der Waals surface area contributed by atoms with Crippen LogP contribution in [0.1, 0.15) is 5.76 Å². The summed E-state index contributed by atoms with van der Waals surface area (Å²) in [6, 6.07) is 6.13. The normalized spacial score (nSPS) is 10.8. The maximum atomic E-state index is 12.7. The van der Waals surface area contributed by atoms with E-state index in [-0.39, 0.29) is 5.82 Å². The molecule has 0 atom stereocenters. The lowest BCUT2D eigenvalue weighted by molar-refractivity contribution is 0.571. The predicted octanol–water partition coefficient (Wildman–Crippen LogP) is 3.31. The number of rotatable bonds is 1. The Hall–Kier alpha value is -1.02. The van der Waals surface area contributed by atoms with E-state index in [9.17, 15) is 4.39 Å². The minimum Gasteiger partial charge on any atom is -0.460 e. The molecule has 12 heavy (non-hydrogen) atoms. The first kappa shape index (κ1) is 7.62. The Morgan fingerprint density at radius 3 is 2.92 bits per heavy atom. The highest BCUT2D eigenvalue weighted by molar-refractivity contribution is 6.17. The number of benzene rings is 1. The molecule has 0 spiro atoms. The van der Waals surface area contributed by atoms with Crippen LogP contribution in [-0.4, -0.2) is 0 Å². The lowest BCUT2D eigenvalue weighted by Crippen LogP contribution is -1.68. The van der Waals surface area contributed by atoms with Crippen molar-refractivity contribution in [1.82, 2.24) is 0 Å². The lowest BCUT2D eigenvalue weighted by atomic mass is 10.2. The van der Waals surface area contributed by atoms with Gasteiger partial charge in [0.1, 0.15) is 17.2 Å². The van der Waals surface area contributed by atoms with Gasteiger partial charge in [-0.25, -0.2) is 4.39 Å². The van der Waals surface area contributed by atoms with Gasteiger partial charge in [-0.2, -0.15) is 0 Å². The second-order valence-corrected chi connectivity index (χ2v) is 2.80. The van der Waals surface area contributed by atoms with E-state index < -0.39 is 0 Å². The highest BCUT2D eigenvalue weighted by Gasteiger charge is 2.02. The molecule has 3 heteroatoms. The third-order valence-electron chi connectivity index (χ3n) is 1.66. The molecule has 0 saturated heterocycles. The summed E-state index contributed by atoms with van der Waals surface area (Å²) in [5, 5.41) is 0.755. The van der Waals surface area contributed by atoms with Crippen LogP contribution in [-0.2, 0) is 5.88 Å². The molecule has 1 aromatic heterocycles. The number of hydrogen-bond donors (Lipinski definition) is 0. The first-order chi connectivity index (χ1) is 5.79. The van der Waals surface area contributed by atoms with Crippen molar-refractivity contribution >= 4 is 22.6 Å². The van der Waals surface area contributed by atoms with Crippen molar-refractivity contribution < 1.29 is 8.81 Å². The number of alkyl halides is 1. The maximum Gasteiger partial charge on any atom is 0.134 e. The van der Waals surface area contributed by atoms with Crippen LogP contribution in [0, 0.1) is 5.82 Å². The van der Waals surface area contributed by atoms with Crippen molar-refractivity contribution in [1.29, 1.82) is 0 Å². The topological polar surface area (TPSA) is 13.1 Å². The SMILES string of the molecule is Fc1ccc2oc(CCl)cc2c1. The molecule has 0 aliphatic carbocycles. The van der Waals surface area contributed by atoms with Gasteiger partial charge in [0.25, 0.3) is 0 Å². The number of hydrogen-bond acceptors (Lipinski definition) is 1. The third-order valence-corrected chi connectivity index (χ3v) is 1.92. The summed E-state index contributed by atoms with van der Waals surface area (Å²) >= 11 is 5.55. The summed E-state index contributed by atoms with van der Waals surface area (Å²) in [6.07, 6.45) is 0. The molecule has 0 aliphatic rings. The molecule has 0 aliphatic heterocycles. The van der Waals surface area contributed by atoms with Crippen molar-refractivity contribution in [2.45, 2.75) is 5.88 Å². The molecule has 1 heterocycles. The van der Waals surface area contributed by atoms with E-state index in [1.54, 1.807) is 12.1 Å². The lowest BCUT2D eigenvalue weighted by Gasteiger charge is -1.86. The molecule has 0 amide bonds. The van der Waals surface area contributed by atoms with E-state index in [2.05, 4.69) is 0 Å². The summed E-state index contributed by atoms with van der Waals surface area (Å²) in [6.45, 7) is 0. The number of halogens is 2. The van der Waals surface area contributed by atoms with Gasteiger partial charge in [-0.05, 0) is 24.3 Å². The van der Waals surface area contributed by atoms with Crippen molar-refractivity contribution in [3.8, 4) is 0 Å². The van der Waals surface area contributed by atoms with E-state index in [1.807, 2.05) is 0 Å². The van der Waals surface area contributed by atoms with Crippen LogP contribution in [0.5, 0.6) is 0 Å². The minimum atomic E-state index is -0.260. The Kier molecular flexibility index (Phi) is 1.77. The van der Waals surface area contributed by atoms with Gasteiger partial charge >= 0.3 is 0 Å². The van der Waals surface area contributed by atoms with Gasteiger partial charge in [0, 0.05) is 5.39 Å². The van der Waals surface area contributed by atoms with Crippen LogP contribution in [0.4, 0.5) is 4.39 Å². The van der Waals surface area contributed by atoms with Crippen LogP contribution in [0.3, 0.4) is 0 Å². The quantitative estimate of drug-likeness (QED) is 0.620. The highest BCUT2D eigenvalue weighted by Crippen LogP contribution is 2.21. The van der Waals surface area contributed by atoms with Crippen molar-refractivity contribution in [2.75, 3.05) is 0 Å². The molecular weight excluding hydrogens is 179 g/mol. The van der Waals surface area contributed by atoms with Crippen LogP contribution in [0.15, 0.2) is 28.7 Å². The zero-order chi connectivity index (χ0) is 8.55. The Labute approximate surface area is 73.7 Å². The van der Waals surface area contributed by atoms with Gasteiger partial charge in [-0.15, -0.1) is 11.6 Å². The summed E-state index contributed by atoms with van der Waals surface area (Å²) in [5.41, 5.74) is 0.673. The van der Waals surface area contributed by atoms with Crippen molar-refractivity contribution in [3.63, 3.8) is 0 Å². The van der Waals surface area contributed by atoms with Gasteiger partial charge in [-0.3, -0.25) is 0 Å². The summed E-state index contributed by atoms with van der Waals surface area (Å²) in [4.78, 5) is 0.